The molecule has 0 saturated carbocycles. The van der Waals surface area contributed by atoms with E-state index in [4.69, 9.17) is 5.11 Å². The van der Waals surface area contributed by atoms with Crippen molar-refractivity contribution >= 4 is 11.9 Å². The van der Waals surface area contributed by atoms with Crippen LogP contribution in [0.5, 0.6) is 0 Å². The molecule has 0 bridgehead atoms. The SMILES string of the molecule is CCc1ccc(C(=O)NCCC(C)C(=O)O)cc1. The summed E-state index contributed by atoms with van der Waals surface area (Å²) < 4.78 is 0. The number of carboxylic acids is 1. The minimum absolute atomic E-state index is 0.157. The zero-order valence-electron chi connectivity index (χ0n) is 10.8. The summed E-state index contributed by atoms with van der Waals surface area (Å²) in [5.41, 5.74) is 1.79. The molecule has 1 atom stereocenters. The number of hydrogen-bond donors (Lipinski definition) is 2. The lowest BCUT2D eigenvalue weighted by Gasteiger charge is -2.08. The van der Waals surface area contributed by atoms with E-state index < -0.39 is 11.9 Å². The first-order chi connectivity index (χ1) is 8.54. The second kappa shape index (κ2) is 6.79. The van der Waals surface area contributed by atoms with Crippen molar-refractivity contribution in [3.05, 3.63) is 35.4 Å². The third kappa shape index (κ3) is 4.20. The summed E-state index contributed by atoms with van der Waals surface area (Å²) in [6.45, 7) is 4.06. The van der Waals surface area contributed by atoms with Crippen LogP contribution in [-0.2, 0) is 11.2 Å². The van der Waals surface area contributed by atoms with Gasteiger partial charge < -0.3 is 10.4 Å². The number of aryl methyl sites for hydroxylation is 1. The quantitative estimate of drug-likeness (QED) is 0.811. The van der Waals surface area contributed by atoms with Gasteiger partial charge in [0, 0.05) is 12.1 Å². The van der Waals surface area contributed by atoms with Gasteiger partial charge in [-0.15, -0.1) is 0 Å². The molecule has 0 radical (unpaired) electrons. The summed E-state index contributed by atoms with van der Waals surface area (Å²) >= 11 is 0. The smallest absolute Gasteiger partial charge is 0.306 e. The standard InChI is InChI=1S/C14H19NO3/c1-3-11-4-6-12(7-5-11)13(16)15-9-8-10(2)14(17)18/h4-7,10H,3,8-9H2,1-2H3,(H,15,16)(H,17,18). The molecule has 0 aliphatic rings. The Morgan fingerprint density at radius 3 is 2.39 bits per heavy atom. The van der Waals surface area contributed by atoms with Crippen LogP contribution >= 0.6 is 0 Å². The number of benzene rings is 1. The maximum atomic E-state index is 11.7. The van der Waals surface area contributed by atoms with Crippen LogP contribution in [0.3, 0.4) is 0 Å². The lowest BCUT2D eigenvalue weighted by atomic mass is 10.1. The van der Waals surface area contributed by atoms with Crippen LogP contribution < -0.4 is 5.32 Å². The number of carbonyl (C=O) groups is 2. The molecule has 1 aromatic rings. The van der Waals surface area contributed by atoms with Gasteiger partial charge in [0.15, 0.2) is 0 Å². The lowest BCUT2D eigenvalue weighted by Crippen LogP contribution is -2.27. The molecule has 4 nitrogen and oxygen atoms in total. The van der Waals surface area contributed by atoms with Crippen LogP contribution in [0.1, 0.15) is 36.2 Å². The van der Waals surface area contributed by atoms with Crippen molar-refractivity contribution in [3.8, 4) is 0 Å². The zero-order valence-corrected chi connectivity index (χ0v) is 10.8. The van der Waals surface area contributed by atoms with Gasteiger partial charge in [0.2, 0.25) is 0 Å². The van der Waals surface area contributed by atoms with E-state index >= 15 is 0 Å². The molecule has 98 valence electrons. The van der Waals surface area contributed by atoms with E-state index in [0.29, 0.717) is 18.5 Å². The normalized spacial score (nSPS) is 11.9. The molecule has 0 fully saturated rings. The van der Waals surface area contributed by atoms with Gasteiger partial charge in [-0.3, -0.25) is 9.59 Å². The molecule has 1 rings (SSSR count). The lowest BCUT2D eigenvalue weighted by molar-refractivity contribution is -0.141. The summed E-state index contributed by atoms with van der Waals surface area (Å²) in [6.07, 6.45) is 1.38. The van der Waals surface area contributed by atoms with E-state index in [-0.39, 0.29) is 5.91 Å². The van der Waals surface area contributed by atoms with Crippen molar-refractivity contribution < 1.29 is 14.7 Å². The minimum atomic E-state index is -0.837. The fourth-order valence-electron chi connectivity index (χ4n) is 1.52. The molecular weight excluding hydrogens is 230 g/mol. The Labute approximate surface area is 107 Å². The van der Waals surface area contributed by atoms with E-state index in [1.807, 2.05) is 12.1 Å². The third-order valence-corrected chi connectivity index (χ3v) is 2.91. The van der Waals surface area contributed by atoms with Crippen LogP contribution in [0.2, 0.25) is 0 Å². The Bertz CT molecular complexity index is 412. The van der Waals surface area contributed by atoms with Gasteiger partial charge in [-0.25, -0.2) is 0 Å². The predicted octanol–water partition coefficient (Wildman–Crippen LogP) is 2.09. The Hall–Kier alpha value is -1.84. The number of hydrogen-bond acceptors (Lipinski definition) is 2. The van der Waals surface area contributed by atoms with Gasteiger partial charge in [-0.05, 0) is 30.5 Å². The average molecular weight is 249 g/mol. The Kier molecular flexibility index (Phi) is 5.36. The topological polar surface area (TPSA) is 66.4 Å². The van der Waals surface area contributed by atoms with E-state index in [2.05, 4.69) is 12.2 Å². The number of aliphatic carboxylic acids is 1. The van der Waals surface area contributed by atoms with Crippen LogP contribution in [0.4, 0.5) is 0 Å². The van der Waals surface area contributed by atoms with Gasteiger partial charge in [-0.1, -0.05) is 26.0 Å². The van der Waals surface area contributed by atoms with Gasteiger partial charge in [0.25, 0.3) is 5.91 Å². The molecule has 2 N–H and O–H groups in total. The highest BCUT2D eigenvalue weighted by molar-refractivity contribution is 5.94. The molecule has 1 unspecified atom stereocenters. The largest absolute Gasteiger partial charge is 0.481 e. The van der Waals surface area contributed by atoms with Crippen molar-refractivity contribution in [2.45, 2.75) is 26.7 Å². The van der Waals surface area contributed by atoms with Crippen LogP contribution in [0, 0.1) is 5.92 Å². The van der Waals surface area contributed by atoms with Crippen LogP contribution in [0.15, 0.2) is 24.3 Å². The maximum absolute atomic E-state index is 11.7. The van der Waals surface area contributed by atoms with Crippen LogP contribution in [0.25, 0.3) is 0 Å². The fourth-order valence-corrected chi connectivity index (χ4v) is 1.52. The molecule has 0 heterocycles. The average Bonchev–Trinajstić information content (AvgIpc) is 2.38. The first-order valence-electron chi connectivity index (χ1n) is 6.14. The summed E-state index contributed by atoms with van der Waals surface area (Å²) in [6, 6.07) is 7.42. The molecule has 0 saturated heterocycles. The zero-order chi connectivity index (χ0) is 13.5. The number of nitrogens with one attached hydrogen (secondary N) is 1. The monoisotopic (exact) mass is 249 g/mol. The van der Waals surface area contributed by atoms with Gasteiger partial charge >= 0.3 is 5.97 Å². The molecule has 0 aliphatic heterocycles. The van der Waals surface area contributed by atoms with Crippen molar-refractivity contribution in [2.75, 3.05) is 6.54 Å². The fraction of sp³-hybridized carbons (Fsp3) is 0.429. The highest BCUT2D eigenvalue weighted by Gasteiger charge is 2.11. The highest BCUT2D eigenvalue weighted by atomic mass is 16.4. The van der Waals surface area contributed by atoms with E-state index in [1.165, 1.54) is 5.56 Å². The number of rotatable bonds is 6. The minimum Gasteiger partial charge on any atom is -0.481 e. The third-order valence-electron chi connectivity index (χ3n) is 2.91. The Balaban J connectivity index is 2.42. The Morgan fingerprint density at radius 1 is 1.28 bits per heavy atom. The molecule has 0 aromatic heterocycles. The molecular formula is C14H19NO3. The second-order valence-electron chi connectivity index (χ2n) is 4.33. The first kappa shape index (κ1) is 14.2. The van der Waals surface area contributed by atoms with E-state index in [1.54, 1.807) is 19.1 Å². The number of carboxylic acid groups (broad SMARTS) is 1. The number of carbonyl (C=O) groups excluding carboxylic acids is 1. The maximum Gasteiger partial charge on any atom is 0.306 e. The van der Waals surface area contributed by atoms with E-state index in [0.717, 1.165) is 6.42 Å². The Morgan fingerprint density at radius 2 is 1.89 bits per heavy atom. The highest BCUT2D eigenvalue weighted by Crippen LogP contribution is 2.05. The van der Waals surface area contributed by atoms with Crippen molar-refractivity contribution in [1.82, 2.24) is 5.32 Å². The van der Waals surface area contributed by atoms with Crippen molar-refractivity contribution in [2.24, 2.45) is 5.92 Å². The van der Waals surface area contributed by atoms with E-state index in [9.17, 15) is 9.59 Å². The van der Waals surface area contributed by atoms with Crippen molar-refractivity contribution in [3.63, 3.8) is 0 Å². The van der Waals surface area contributed by atoms with Gasteiger partial charge in [0.05, 0.1) is 5.92 Å². The number of amides is 1. The molecule has 4 heteroatoms. The molecule has 0 aliphatic carbocycles. The molecule has 1 amide bonds. The molecule has 1 aromatic carbocycles. The molecule has 18 heavy (non-hydrogen) atoms. The summed E-state index contributed by atoms with van der Waals surface area (Å²) in [5.74, 6) is -1.43. The first-order valence-corrected chi connectivity index (χ1v) is 6.14. The predicted molar refractivity (Wildman–Crippen MR) is 69.6 cm³/mol. The molecule has 0 spiro atoms. The van der Waals surface area contributed by atoms with Crippen LogP contribution in [-0.4, -0.2) is 23.5 Å². The van der Waals surface area contributed by atoms with Gasteiger partial charge in [-0.2, -0.15) is 0 Å². The summed E-state index contributed by atoms with van der Waals surface area (Å²) in [4.78, 5) is 22.3. The van der Waals surface area contributed by atoms with Crippen molar-refractivity contribution in [1.29, 1.82) is 0 Å². The van der Waals surface area contributed by atoms with Gasteiger partial charge in [0.1, 0.15) is 0 Å². The summed E-state index contributed by atoms with van der Waals surface area (Å²) in [7, 11) is 0. The second-order valence-corrected chi connectivity index (χ2v) is 4.33. The summed E-state index contributed by atoms with van der Waals surface area (Å²) in [5, 5.41) is 11.4.